The molecule has 1 aliphatic heterocycles. The molecule has 2 atom stereocenters. The summed E-state index contributed by atoms with van der Waals surface area (Å²) >= 11 is 0. The zero-order valence-electron chi connectivity index (χ0n) is 19.7. The van der Waals surface area contributed by atoms with Crippen LogP contribution < -0.4 is 10.6 Å². The largest absolute Gasteiger partial charge is 0.373 e. The lowest BCUT2D eigenvalue weighted by molar-refractivity contribution is -0.0250. The van der Waals surface area contributed by atoms with Crippen molar-refractivity contribution in [2.75, 3.05) is 26.2 Å². The smallest absolute Gasteiger partial charge is 0.191 e. The maximum atomic E-state index is 6.17. The molecule has 33 heavy (non-hydrogen) atoms. The number of rotatable bonds is 8. The van der Waals surface area contributed by atoms with Crippen molar-refractivity contribution < 1.29 is 4.74 Å². The zero-order chi connectivity index (χ0) is 22.9. The van der Waals surface area contributed by atoms with E-state index in [9.17, 15) is 0 Å². The van der Waals surface area contributed by atoms with Gasteiger partial charge < -0.3 is 15.4 Å². The Morgan fingerprint density at radius 3 is 2.73 bits per heavy atom. The quantitative estimate of drug-likeness (QED) is 0.397. The van der Waals surface area contributed by atoms with Crippen LogP contribution in [0.3, 0.4) is 0 Å². The molecule has 3 aromatic rings. The average Bonchev–Trinajstić information content (AvgIpc) is 3.33. The normalized spacial score (nSPS) is 18.8. The van der Waals surface area contributed by atoms with Gasteiger partial charge >= 0.3 is 0 Å². The summed E-state index contributed by atoms with van der Waals surface area (Å²) in [4.78, 5) is 4.91. The van der Waals surface area contributed by atoms with Crippen molar-refractivity contribution in [3.05, 3.63) is 83.7 Å². The number of benzene rings is 2. The minimum Gasteiger partial charge on any atom is -0.373 e. The number of nitrogens with one attached hydrogen (secondary N) is 2. The fourth-order valence-corrected chi connectivity index (χ4v) is 4.24. The van der Waals surface area contributed by atoms with Crippen molar-refractivity contribution in [3.8, 4) is 5.69 Å². The third-order valence-corrected chi connectivity index (χ3v) is 6.04. The Balaban J connectivity index is 1.33. The van der Waals surface area contributed by atoms with Gasteiger partial charge in [-0.3, -0.25) is 4.99 Å². The van der Waals surface area contributed by atoms with Gasteiger partial charge in [0.1, 0.15) is 0 Å². The van der Waals surface area contributed by atoms with E-state index in [4.69, 9.17) is 9.73 Å². The van der Waals surface area contributed by atoms with Crippen LogP contribution >= 0.6 is 0 Å². The number of hydrogen-bond acceptors (Lipinski definition) is 3. The highest BCUT2D eigenvalue weighted by Gasteiger charge is 2.27. The van der Waals surface area contributed by atoms with E-state index < -0.39 is 0 Å². The Morgan fingerprint density at radius 1 is 1.12 bits per heavy atom. The van der Waals surface area contributed by atoms with Gasteiger partial charge in [-0.1, -0.05) is 48.0 Å². The van der Waals surface area contributed by atoms with Crippen LogP contribution in [-0.4, -0.2) is 42.0 Å². The molecule has 0 amide bonds. The average molecular weight is 446 g/mol. The molecule has 1 aliphatic rings. The highest BCUT2D eigenvalue weighted by molar-refractivity contribution is 5.79. The lowest BCUT2D eigenvalue weighted by Gasteiger charge is -2.31. The number of guanidine groups is 1. The SMILES string of the molecule is CCNC(=NCC1CCCOC1c1ccc(C)cc1)NCCc1cnn(-c2ccccc2)c1. The van der Waals surface area contributed by atoms with Gasteiger partial charge in [-0.25, -0.2) is 4.68 Å². The highest BCUT2D eigenvalue weighted by atomic mass is 16.5. The molecule has 6 heteroatoms. The maximum absolute atomic E-state index is 6.17. The standard InChI is InChI=1S/C27H35N5O/c1-3-28-27(29-16-15-22-18-31-32(20-22)25-9-5-4-6-10-25)30-19-24-8-7-17-33-26(24)23-13-11-21(2)12-14-23/h4-6,9-14,18,20,24,26H,3,7-8,15-17,19H2,1-2H3,(H2,28,29,30). The molecule has 2 heterocycles. The fraction of sp³-hybridized carbons (Fsp3) is 0.407. The van der Waals surface area contributed by atoms with E-state index in [0.29, 0.717) is 5.92 Å². The van der Waals surface area contributed by atoms with Crippen LogP contribution in [0.2, 0.25) is 0 Å². The molecule has 2 unspecified atom stereocenters. The molecule has 0 spiro atoms. The maximum Gasteiger partial charge on any atom is 0.191 e. The van der Waals surface area contributed by atoms with Crippen molar-refractivity contribution in [3.63, 3.8) is 0 Å². The topological polar surface area (TPSA) is 63.5 Å². The summed E-state index contributed by atoms with van der Waals surface area (Å²) in [6, 6.07) is 18.9. The van der Waals surface area contributed by atoms with Gasteiger partial charge in [-0.2, -0.15) is 5.10 Å². The first kappa shape index (κ1) is 23.1. The number of aryl methyl sites for hydroxylation is 1. The molecule has 4 rings (SSSR count). The van der Waals surface area contributed by atoms with Crippen LogP contribution in [-0.2, 0) is 11.2 Å². The summed E-state index contributed by atoms with van der Waals surface area (Å²) in [5, 5.41) is 11.3. The van der Waals surface area contributed by atoms with E-state index in [1.165, 1.54) is 16.7 Å². The van der Waals surface area contributed by atoms with E-state index >= 15 is 0 Å². The fourth-order valence-electron chi connectivity index (χ4n) is 4.24. The van der Waals surface area contributed by atoms with Crippen LogP contribution in [0.15, 0.2) is 72.0 Å². The first-order valence-corrected chi connectivity index (χ1v) is 12.0. The summed E-state index contributed by atoms with van der Waals surface area (Å²) < 4.78 is 8.09. The van der Waals surface area contributed by atoms with Gasteiger partial charge in [-0.05, 0) is 56.4 Å². The van der Waals surface area contributed by atoms with Gasteiger partial charge in [-0.15, -0.1) is 0 Å². The van der Waals surface area contributed by atoms with Crippen molar-refractivity contribution in [2.24, 2.45) is 10.9 Å². The summed E-state index contributed by atoms with van der Waals surface area (Å²) in [5.41, 5.74) is 4.80. The van der Waals surface area contributed by atoms with Crippen molar-refractivity contribution >= 4 is 5.96 Å². The number of aliphatic imine (C=N–C) groups is 1. The summed E-state index contributed by atoms with van der Waals surface area (Å²) in [6.07, 6.45) is 7.26. The third-order valence-electron chi connectivity index (χ3n) is 6.04. The molecular weight excluding hydrogens is 410 g/mol. The minimum absolute atomic E-state index is 0.120. The van der Waals surface area contributed by atoms with Crippen molar-refractivity contribution in [2.45, 2.75) is 39.2 Å². The van der Waals surface area contributed by atoms with Gasteiger partial charge in [0.2, 0.25) is 0 Å². The summed E-state index contributed by atoms with van der Waals surface area (Å²) in [7, 11) is 0. The van der Waals surface area contributed by atoms with Crippen LogP contribution in [0, 0.1) is 12.8 Å². The molecular formula is C27H35N5O. The second-order valence-electron chi connectivity index (χ2n) is 8.63. The van der Waals surface area contributed by atoms with E-state index in [0.717, 1.165) is 57.2 Å². The molecule has 1 fully saturated rings. The second kappa shape index (κ2) is 11.7. The highest BCUT2D eigenvalue weighted by Crippen LogP contribution is 2.33. The Kier molecular flexibility index (Phi) is 8.14. The molecule has 0 radical (unpaired) electrons. The Hall–Kier alpha value is -3.12. The van der Waals surface area contributed by atoms with Crippen LogP contribution in [0.25, 0.3) is 5.69 Å². The van der Waals surface area contributed by atoms with E-state index in [2.05, 4.69) is 72.2 Å². The number of hydrogen-bond donors (Lipinski definition) is 2. The predicted molar refractivity (Wildman–Crippen MR) is 134 cm³/mol. The zero-order valence-corrected chi connectivity index (χ0v) is 19.7. The van der Waals surface area contributed by atoms with Gasteiger partial charge in [0.05, 0.1) is 18.0 Å². The lowest BCUT2D eigenvalue weighted by atomic mass is 9.89. The van der Waals surface area contributed by atoms with E-state index in [1.54, 1.807) is 0 Å². The Labute approximate surface area is 197 Å². The molecule has 6 nitrogen and oxygen atoms in total. The minimum atomic E-state index is 0.120. The summed E-state index contributed by atoms with van der Waals surface area (Å²) in [5.74, 6) is 1.25. The van der Waals surface area contributed by atoms with Crippen LogP contribution in [0.5, 0.6) is 0 Å². The van der Waals surface area contributed by atoms with Gasteiger partial charge in [0.15, 0.2) is 5.96 Å². The molecule has 2 N–H and O–H groups in total. The van der Waals surface area contributed by atoms with Gasteiger partial charge in [0.25, 0.3) is 0 Å². The molecule has 0 bridgehead atoms. The third kappa shape index (κ3) is 6.45. The Bertz CT molecular complexity index is 1010. The molecule has 0 aliphatic carbocycles. The van der Waals surface area contributed by atoms with E-state index in [-0.39, 0.29) is 6.10 Å². The number of nitrogens with zero attached hydrogens (tertiary/aromatic N) is 3. The number of para-hydroxylation sites is 1. The Morgan fingerprint density at radius 2 is 1.94 bits per heavy atom. The first-order valence-electron chi connectivity index (χ1n) is 12.0. The number of ether oxygens (including phenoxy) is 1. The van der Waals surface area contributed by atoms with Crippen molar-refractivity contribution in [1.29, 1.82) is 0 Å². The van der Waals surface area contributed by atoms with Crippen molar-refractivity contribution in [1.82, 2.24) is 20.4 Å². The second-order valence-corrected chi connectivity index (χ2v) is 8.63. The van der Waals surface area contributed by atoms with Gasteiger partial charge in [0, 0.05) is 38.4 Å². The first-order chi connectivity index (χ1) is 16.2. The molecule has 0 saturated carbocycles. The molecule has 174 valence electrons. The molecule has 2 aromatic carbocycles. The van der Waals surface area contributed by atoms with Crippen LogP contribution in [0.4, 0.5) is 0 Å². The van der Waals surface area contributed by atoms with Crippen LogP contribution in [0.1, 0.15) is 42.6 Å². The molecule has 1 aromatic heterocycles. The molecule has 1 saturated heterocycles. The van der Waals surface area contributed by atoms with E-state index in [1.807, 2.05) is 29.1 Å². The predicted octanol–water partition coefficient (Wildman–Crippen LogP) is 4.45. The lowest BCUT2D eigenvalue weighted by Crippen LogP contribution is -2.39. The monoisotopic (exact) mass is 445 g/mol. The number of aromatic nitrogens is 2. The summed E-state index contributed by atoms with van der Waals surface area (Å²) in [6.45, 7) is 7.43.